The number of nitrogens with one attached hydrogen (secondary N) is 2. The zero-order valence-corrected chi connectivity index (χ0v) is 24.3. The van der Waals surface area contributed by atoms with Crippen molar-refractivity contribution in [1.29, 1.82) is 0 Å². The van der Waals surface area contributed by atoms with Gasteiger partial charge in [0.25, 0.3) is 0 Å². The second-order valence-corrected chi connectivity index (χ2v) is 9.84. The number of hydrogen-bond donors (Lipinski definition) is 2. The maximum Gasteiger partial charge on any atom is 0.575 e. The molecule has 5 rings (SSSR count). The predicted octanol–water partition coefficient (Wildman–Crippen LogP) is 7.36. The van der Waals surface area contributed by atoms with Crippen LogP contribution in [0.25, 0.3) is 46.4 Å². The van der Waals surface area contributed by atoms with E-state index in [-0.39, 0.29) is 0 Å². The molecular weight excluding hydrogens is 748 g/mol. The molecule has 2 N–H and O–H groups in total. The van der Waals surface area contributed by atoms with E-state index in [9.17, 15) is 71.9 Å². The molecule has 0 fully saturated rings. The van der Waals surface area contributed by atoms with Crippen LogP contribution >= 0.6 is 0 Å². The molecule has 2 aliphatic rings. The average molecular weight is 758 g/mol. The fourth-order valence-electron chi connectivity index (χ4n) is 4.69. The lowest BCUT2D eigenvalue weighted by Crippen LogP contribution is -2.21. The zero-order valence-electron chi connectivity index (χ0n) is 24.3. The van der Waals surface area contributed by atoms with E-state index in [0.29, 0.717) is 36.4 Å². The normalized spacial score (nSPS) is 13.2. The largest absolute Gasteiger partial charge is 0.575 e. The molecule has 5 heterocycles. The number of fused-ring (bicyclic) bond motifs is 8. The predicted molar refractivity (Wildman–Crippen MR) is 145 cm³/mol. The molecule has 52 heavy (non-hydrogen) atoms. The molecule has 12 nitrogen and oxygen atoms in total. The molecule has 0 atom stereocenters. The molecule has 0 aromatic carbocycles. The first-order valence-corrected chi connectivity index (χ1v) is 13.3. The van der Waals surface area contributed by atoms with Crippen molar-refractivity contribution < 1.29 is 90.8 Å². The first kappa shape index (κ1) is 36.9. The topological polar surface area (TPSA) is 163 Å². The average Bonchev–Trinajstić information content (AvgIpc) is 3.75. The van der Waals surface area contributed by atoms with Gasteiger partial charge in [0.05, 0.1) is 44.8 Å². The van der Waals surface area contributed by atoms with Gasteiger partial charge in [0.1, 0.15) is 22.3 Å². The van der Waals surface area contributed by atoms with E-state index in [1.165, 1.54) is 0 Å². The van der Waals surface area contributed by atoms with Gasteiger partial charge in [0, 0.05) is 0 Å². The number of hydrogen-bond acceptors (Lipinski definition) is 10. The molecule has 0 aliphatic carbocycles. The van der Waals surface area contributed by atoms with Crippen molar-refractivity contribution >= 4 is 70.2 Å². The Hall–Kier alpha value is -6.36. The molecule has 2 aliphatic heterocycles. The van der Waals surface area contributed by atoms with Crippen molar-refractivity contribution in [3.63, 3.8) is 0 Å². The summed E-state index contributed by atoms with van der Waals surface area (Å²) >= 11 is 0. The third-order valence-corrected chi connectivity index (χ3v) is 6.40. The minimum atomic E-state index is -5.69. The van der Waals surface area contributed by atoms with Crippen LogP contribution in [0.3, 0.4) is 0 Å². The Bertz CT molecular complexity index is 2120. The Balaban J connectivity index is 2.00. The molecule has 274 valence electrons. The van der Waals surface area contributed by atoms with Crippen molar-refractivity contribution in [1.82, 2.24) is 19.9 Å². The van der Waals surface area contributed by atoms with E-state index in [0.717, 1.165) is 12.1 Å². The summed E-state index contributed by atoms with van der Waals surface area (Å²) in [4.78, 5) is 63.0. The fourth-order valence-corrected chi connectivity index (χ4v) is 4.69. The van der Waals surface area contributed by atoms with Gasteiger partial charge in [-0.1, -0.05) is 0 Å². The third-order valence-electron chi connectivity index (χ3n) is 6.40. The number of halogens is 12. The van der Waals surface area contributed by atoms with Gasteiger partial charge in [-0.25, -0.2) is 29.1 Å². The molecule has 0 saturated carbocycles. The van der Waals surface area contributed by atoms with E-state index in [4.69, 9.17) is 0 Å². The number of carbonyl (C=O) groups excluding carboxylic acids is 4. The van der Waals surface area contributed by atoms with E-state index in [2.05, 4.69) is 38.9 Å². The summed E-state index contributed by atoms with van der Waals surface area (Å²) in [5.41, 5.74) is -11.6. The van der Waals surface area contributed by atoms with Crippen LogP contribution in [0.2, 0.25) is 0 Å². The highest BCUT2D eigenvalue weighted by Gasteiger charge is 2.40. The first-order chi connectivity index (χ1) is 23.9. The quantitative estimate of drug-likeness (QED) is 0.108. The molecular formula is C28H10F12N4O8. The van der Waals surface area contributed by atoms with Gasteiger partial charge in [-0.15, -0.1) is 52.7 Å². The summed E-state index contributed by atoms with van der Waals surface area (Å²) in [6.07, 6.45) is -20.0. The molecule has 0 radical (unpaired) electrons. The molecule has 24 heteroatoms. The maximum absolute atomic E-state index is 13.2. The van der Waals surface area contributed by atoms with Crippen molar-refractivity contribution in [2.45, 2.75) is 25.4 Å². The second-order valence-electron chi connectivity index (χ2n) is 9.84. The minimum absolute atomic E-state index is 0.664. The Kier molecular flexibility index (Phi) is 9.05. The van der Waals surface area contributed by atoms with E-state index < -0.39 is 116 Å². The van der Waals surface area contributed by atoms with Crippen molar-refractivity contribution in [3.8, 4) is 0 Å². The Morgan fingerprint density at radius 1 is 0.404 bits per heavy atom. The molecule has 0 unspecified atom stereocenters. The lowest BCUT2D eigenvalue weighted by molar-refractivity contribution is -0.293. The second kappa shape index (κ2) is 12.8. The third kappa shape index (κ3) is 8.32. The highest BCUT2D eigenvalue weighted by Crippen LogP contribution is 2.32. The Morgan fingerprint density at radius 3 is 0.923 bits per heavy atom. The lowest BCUT2D eigenvalue weighted by Gasteiger charge is -2.09. The fraction of sp³-hybridized carbons (Fsp3) is 0.143. The van der Waals surface area contributed by atoms with Crippen LogP contribution < -0.4 is 0 Å². The van der Waals surface area contributed by atoms with Crippen LogP contribution in [0.4, 0.5) is 52.7 Å². The van der Waals surface area contributed by atoms with Crippen molar-refractivity contribution in [3.05, 3.63) is 69.3 Å². The smallest absolute Gasteiger partial charge is 0.369 e. The van der Waals surface area contributed by atoms with Crippen LogP contribution in [0.1, 0.15) is 64.2 Å². The van der Waals surface area contributed by atoms with Gasteiger partial charge in [-0.2, -0.15) is 0 Å². The van der Waals surface area contributed by atoms with Crippen LogP contribution in [0, 0.1) is 0 Å². The number of H-pyrrole nitrogens is 2. The molecule has 8 bridgehead atoms. The molecule has 3 aromatic heterocycles. The molecule has 3 aromatic rings. The van der Waals surface area contributed by atoms with Crippen LogP contribution in [0.5, 0.6) is 0 Å². The number of aromatic amines is 2. The van der Waals surface area contributed by atoms with Gasteiger partial charge in [-0.3, -0.25) is 0 Å². The zero-order chi connectivity index (χ0) is 38.6. The molecule has 0 saturated heterocycles. The van der Waals surface area contributed by atoms with E-state index in [1.54, 1.807) is 0 Å². The van der Waals surface area contributed by atoms with E-state index >= 15 is 0 Å². The number of carbonyl (C=O) groups is 4. The summed E-state index contributed by atoms with van der Waals surface area (Å²) in [5.74, 6) is -9.04. The Morgan fingerprint density at radius 2 is 0.635 bits per heavy atom. The molecule has 0 spiro atoms. The number of rotatable bonds is 4. The summed E-state index contributed by atoms with van der Waals surface area (Å²) in [6, 6.07) is 2.86. The van der Waals surface area contributed by atoms with Gasteiger partial charge in [-0.05, 0) is 48.6 Å². The lowest BCUT2D eigenvalue weighted by atomic mass is 10.1. The van der Waals surface area contributed by atoms with Crippen LogP contribution in [-0.2, 0) is 18.9 Å². The number of aromatic nitrogens is 4. The minimum Gasteiger partial charge on any atom is -0.369 e. The monoisotopic (exact) mass is 758 g/mol. The van der Waals surface area contributed by atoms with Gasteiger partial charge < -0.3 is 28.9 Å². The highest BCUT2D eigenvalue weighted by molar-refractivity contribution is 6.08. The van der Waals surface area contributed by atoms with Gasteiger partial charge in [0.15, 0.2) is 0 Å². The van der Waals surface area contributed by atoms with E-state index in [1.807, 2.05) is 0 Å². The Labute approximate surface area is 276 Å². The van der Waals surface area contributed by atoms with Crippen LogP contribution in [-0.4, -0.2) is 69.3 Å². The van der Waals surface area contributed by atoms with Crippen molar-refractivity contribution in [2.75, 3.05) is 0 Å². The van der Waals surface area contributed by atoms with Gasteiger partial charge in [0.2, 0.25) is 0 Å². The summed E-state index contributed by atoms with van der Waals surface area (Å²) in [6.45, 7) is 0. The number of esters is 4. The van der Waals surface area contributed by atoms with Gasteiger partial charge >= 0.3 is 49.3 Å². The van der Waals surface area contributed by atoms with Crippen molar-refractivity contribution in [2.24, 2.45) is 0 Å². The SMILES string of the molecule is O=C(OC(F)(F)F)c1c2nc(c(C(=O)OC(F)(F)F)c3ccc([nH]3)c(C(=O)OC(F)(F)F)c3ccc([nH]3)c(C(=O)OC(F)(F)F)c3nc1C=C3)C=C2. The maximum atomic E-state index is 13.2. The first-order valence-electron chi connectivity index (χ1n) is 13.3. The highest BCUT2D eigenvalue weighted by atomic mass is 19.4. The summed E-state index contributed by atoms with van der Waals surface area (Å²) in [7, 11) is 0. The molecule has 0 amide bonds. The number of ether oxygens (including phenoxy) is 4. The summed E-state index contributed by atoms with van der Waals surface area (Å²) in [5, 5.41) is 0. The number of nitrogens with zero attached hydrogens (tertiary/aromatic N) is 2. The standard InChI is InChI=1S/C28H10F12N4O8/c29-25(30,31)49-21(45)17-9-1-2-10(41-9)18(22(46)50-26(32,33)34)12-5-6-14(43-12)20(24(48)52-28(38,39)40)16-8-7-15(44-16)19(13-4-3-11(17)42-13)23(47)51-27(35,36)37/h1-8,41-42H. The van der Waals surface area contributed by atoms with Crippen LogP contribution in [0.15, 0.2) is 24.3 Å². The number of alkyl halides is 12. The summed E-state index contributed by atoms with van der Waals surface area (Å²) < 4.78 is 171.